The molecule has 6 rings (SSSR count). The highest BCUT2D eigenvalue weighted by Crippen LogP contribution is 2.46. The number of alkyl halides is 5. The molecule has 1 amide bonds. The summed E-state index contributed by atoms with van der Waals surface area (Å²) in [4.78, 5) is 36.6. The average molecular weight is 661 g/mol. The second-order valence-electron chi connectivity index (χ2n) is 12.6. The number of methoxy groups -OCH3 is 1. The monoisotopic (exact) mass is 660 g/mol. The van der Waals surface area contributed by atoms with Crippen LogP contribution in [0.3, 0.4) is 0 Å². The second kappa shape index (κ2) is 11.6. The first-order valence-corrected chi connectivity index (χ1v) is 15.1. The van der Waals surface area contributed by atoms with E-state index in [0.29, 0.717) is 46.7 Å². The first-order chi connectivity index (χ1) is 22.0. The summed E-state index contributed by atoms with van der Waals surface area (Å²) in [6.07, 6.45) is -5.43. The van der Waals surface area contributed by atoms with Gasteiger partial charge in [-0.2, -0.15) is 13.2 Å². The van der Waals surface area contributed by atoms with E-state index in [9.17, 15) is 36.6 Å². The standard InChI is InChI=1S/C33H33F5N4O5/c1-16-7-21(11-23(8-16)33(36,37)38)28-18(3)42(31(45)47-28)13-25-27(17(2)39-30(40-25)41-14-32(34,35)15-41)24-12-19(5-6-26(24)46-4)20-9-22(10-20)29(43)44/h5-8,11-12,18,20,22,28H,9-10,13-15H2,1-4H3,(H,43,44)/t18-,20?,22?,28-/m0/s1. The summed E-state index contributed by atoms with van der Waals surface area (Å²) in [7, 11) is 1.48. The minimum atomic E-state index is -4.59. The Balaban J connectivity index is 1.39. The van der Waals surface area contributed by atoms with Crippen molar-refractivity contribution in [3.05, 3.63) is 70.0 Å². The summed E-state index contributed by atoms with van der Waals surface area (Å²) in [6, 6.07) is 8.30. The normalized spacial score (nSPS) is 23.6. The topological polar surface area (TPSA) is 105 Å². The van der Waals surface area contributed by atoms with Crippen molar-refractivity contribution in [1.29, 1.82) is 0 Å². The summed E-state index contributed by atoms with van der Waals surface area (Å²) in [5.41, 5.74) is 2.37. The number of cyclic esters (lactones) is 1. The van der Waals surface area contributed by atoms with Crippen LogP contribution in [0.5, 0.6) is 5.75 Å². The van der Waals surface area contributed by atoms with Crippen molar-refractivity contribution in [2.45, 2.75) is 70.3 Å². The second-order valence-corrected chi connectivity index (χ2v) is 12.6. The van der Waals surface area contributed by atoms with E-state index in [2.05, 4.69) is 9.97 Å². The van der Waals surface area contributed by atoms with E-state index < -0.39 is 60.9 Å². The highest BCUT2D eigenvalue weighted by molar-refractivity contribution is 5.78. The number of carboxylic acids is 1. The van der Waals surface area contributed by atoms with Gasteiger partial charge in [-0.25, -0.2) is 23.5 Å². The van der Waals surface area contributed by atoms with Gasteiger partial charge in [0.15, 0.2) is 0 Å². The average Bonchev–Trinajstić information content (AvgIpc) is 3.22. The van der Waals surface area contributed by atoms with E-state index in [1.807, 2.05) is 12.1 Å². The van der Waals surface area contributed by atoms with E-state index in [1.54, 1.807) is 26.0 Å². The molecule has 3 fully saturated rings. The number of nitrogens with zero attached hydrogens (tertiary/aromatic N) is 4. The minimum absolute atomic E-state index is 0.00159. The molecule has 47 heavy (non-hydrogen) atoms. The Bertz CT molecular complexity index is 1730. The zero-order chi connectivity index (χ0) is 34.0. The van der Waals surface area contributed by atoms with Gasteiger partial charge in [0.05, 0.1) is 55.7 Å². The largest absolute Gasteiger partial charge is 0.496 e. The summed E-state index contributed by atoms with van der Waals surface area (Å²) in [6.45, 7) is 3.57. The van der Waals surface area contributed by atoms with E-state index in [0.717, 1.165) is 17.7 Å². The molecule has 1 saturated carbocycles. The third kappa shape index (κ3) is 6.17. The lowest BCUT2D eigenvalue weighted by molar-refractivity contribution is -0.145. The van der Waals surface area contributed by atoms with Gasteiger partial charge in [0.25, 0.3) is 5.92 Å². The molecule has 14 heteroatoms. The highest BCUT2D eigenvalue weighted by atomic mass is 19.4. The van der Waals surface area contributed by atoms with Gasteiger partial charge in [0, 0.05) is 11.1 Å². The van der Waals surface area contributed by atoms with Crippen LogP contribution in [-0.2, 0) is 22.3 Å². The van der Waals surface area contributed by atoms with Gasteiger partial charge < -0.3 is 19.5 Å². The third-order valence-corrected chi connectivity index (χ3v) is 9.20. The Morgan fingerprint density at radius 3 is 2.40 bits per heavy atom. The number of hydrogen-bond acceptors (Lipinski definition) is 7. The molecule has 250 valence electrons. The number of amides is 1. The number of rotatable bonds is 8. The Labute approximate surface area is 267 Å². The maximum absolute atomic E-state index is 13.8. The van der Waals surface area contributed by atoms with Crippen molar-refractivity contribution in [3.63, 3.8) is 0 Å². The fraction of sp³-hybridized carbons (Fsp3) is 0.455. The molecule has 2 atom stereocenters. The van der Waals surface area contributed by atoms with E-state index in [1.165, 1.54) is 23.8 Å². The van der Waals surface area contributed by atoms with Gasteiger partial charge in [-0.1, -0.05) is 17.7 Å². The van der Waals surface area contributed by atoms with Gasteiger partial charge in [0.1, 0.15) is 11.9 Å². The van der Waals surface area contributed by atoms with Crippen LogP contribution in [0.2, 0.25) is 0 Å². The molecule has 1 N–H and O–H groups in total. The maximum Gasteiger partial charge on any atom is 0.416 e. The number of halogens is 5. The lowest BCUT2D eigenvalue weighted by Crippen LogP contribution is -2.57. The number of hydrogen-bond donors (Lipinski definition) is 1. The molecule has 2 aromatic carbocycles. The van der Waals surface area contributed by atoms with E-state index >= 15 is 0 Å². The number of aryl methyl sites for hydroxylation is 2. The first kappa shape index (κ1) is 32.5. The first-order valence-electron chi connectivity index (χ1n) is 15.1. The molecule has 9 nitrogen and oxygen atoms in total. The lowest BCUT2D eigenvalue weighted by Gasteiger charge is -2.39. The van der Waals surface area contributed by atoms with Crippen LogP contribution >= 0.6 is 0 Å². The number of carboxylic acid groups (broad SMARTS) is 1. The molecule has 3 aromatic rings. The molecular formula is C33H33F5N4O5. The van der Waals surface area contributed by atoms with Crippen LogP contribution in [0.1, 0.15) is 65.4 Å². The Hall–Kier alpha value is -4.49. The van der Waals surface area contributed by atoms with E-state index in [4.69, 9.17) is 9.47 Å². The van der Waals surface area contributed by atoms with Crippen LogP contribution in [0.15, 0.2) is 36.4 Å². The van der Waals surface area contributed by atoms with Gasteiger partial charge >= 0.3 is 18.2 Å². The Kier molecular flexibility index (Phi) is 8.03. The summed E-state index contributed by atoms with van der Waals surface area (Å²) in [5.74, 6) is -3.67. The van der Waals surface area contributed by atoms with Crippen LogP contribution in [0, 0.1) is 19.8 Å². The highest BCUT2D eigenvalue weighted by Gasteiger charge is 2.46. The van der Waals surface area contributed by atoms with Gasteiger partial charge in [0.2, 0.25) is 5.95 Å². The number of carbonyl (C=O) groups is 2. The van der Waals surface area contributed by atoms with Gasteiger partial charge in [-0.3, -0.25) is 9.69 Å². The van der Waals surface area contributed by atoms with Crippen LogP contribution in [0.25, 0.3) is 11.1 Å². The molecule has 2 aliphatic heterocycles. The fourth-order valence-corrected chi connectivity index (χ4v) is 6.60. The maximum atomic E-state index is 13.8. The van der Waals surface area contributed by atoms with Crippen molar-refractivity contribution in [3.8, 4) is 16.9 Å². The Morgan fingerprint density at radius 2 is 1.79 bits per heavy atom. The summed E-state index contributed by atoms with van der Waals surface area (Å²) in [5, 5.41) is 9.37. The third-order valence-electron chi connectivity index (χ3n) is 9.20. The van der Waals surface area contributed by atoms with Crippen LogP contribution < -0.4 is 9.64 Å². The number of carbonyl (C=O) groups excluding carboxylic acids is 1. The smallest absolute Gasteiger partial charge is 0.416 e. The minimum Gasteiger partial charge on any atom is -0.496 e. The van der Waals surface area contributed by atoms with Crippen molar-refractivity contribution in [2.75, 3.05) is 25.1 Å². The molecule has 1 aromatic heterocycles. The molecule has 2 saturated heterocycles. The van der Waals surface area contributed by atoms with Crippen molar-refractivity contribution in [1.82, 2.24) is 14.9 Å². The molecule has 0 radical (unpaired) electrons. The molecular weight excluding hydrogens is 627 g/mol. The molecule has 0 bridgehead atoms. The summed E-state index contributed by atoms with van der Waals surface area (Å²) < 4.78 is 79.8. The van der Waals surface area contributed by atoms with Crippen molar-refractivity contribution >= 4 is 18.0 Å². The predicted molar refractivity (Wildman–Crippen MR) is 159 cm³/mol. The Morgan fingerprint density at radius 1 is 1.09 bits per heavy atom. The molecule has 3 heterocycles. The molecule has 0 unspecified atom stereocenters. The van der Waals surface area contributed by atoms with Crippen LogP contribution in [-0.4, -0.2) is 64.2 Å². The van der Waals surface area contributed by atoms with Gasteiger partial charge in [-0.15, -0.1) is 0 Å². The molecule has 1 aliphatic carbocycles. The zero-order valence-electron chi connectivity index (χ0n) is 26.1. The number of aliphatic carboxylic acids is 1. The number of benzene rings is 2. The number of ether oxygens (including phenoxy) is 2. The van der Waals surface area contributed by atoms with E-state index in [-0.39, 0.29) is 24.0 Å². The number of anilines is 1. The quantitative estimate of drug-likeness (QED) is 0.260. The zero-order valence-corrected chi connectivity index (χ0v) is 26.1. The van der Waals surface area contributed by atoms with Gasteiger partial charge in [-0.05, 0) is 74.9 Å². The summed E-state index contributed by atoms with van der Waals surface area (Å²) >= 11 is 0. The SMILES string of the molecule is COc1ccc(C2CC(C(=O)O)C2)cc1-c1c(C)nc(N2CC(F)(F)C2)nc1CN1C(=O)O[C@H](c2cc(C)cc(C(F)(F)F)c2)[C@@H]1C. The predicted octanol–water partition coefficient (Wildman–Crippen LogP) is 6.90. The van der Waals surface area contributed by atoms with Crippen molar-refractivity contribution < 1.29 is 46.1 Å². The molecule has 0 spiro atoms. The number of aromatic nitrogens is 2. The lowest BCUT2D eigenvalue weighted by atomic mass is 9.71. The fourth-order valence-electron chi connectivity index (χ4n) is 6.60. The molecule has 3 aliphatic rings. The van der Waals surface area contributed by atoms with Crippen molar-refractivity contribution in [2.24, 2.45) is 5.92 Å². The van der Waals surface area contributed by atoms with Crippen LogP contribution in [0.4, 0.5) is 32.7 Å².